The molecule has 0 radical (unpaired) electrons. The van der Waals surface area contributed by atoms with Gasteiger partial charge in [0.25, 0.3) is 5.91 Å². The number of aromatic nitrogens is 2. The molecule has 0 atom stereocenters. The van der Waals surface area contributed by atoms with Crippen molar-refractivity contribution < 1.29 is 4.79 Å². The van der Waals surface area contributed by atoms with Gasteiger partial charge in [-0.2, -0.15) is 0 Å². The lowest BCUT2D eigenvalue weighted by Gasteiger charge is -2.02. The van der Waals surface area contributed by atoms with E-state index in [-0.39, 0.29) is 5.91 Å². The molecule has 0 saturated carbocycles. The number of nitrogens with zero attached hydrogens (tertiary/aromatic N) is 2. The molecule has 0 aliphatic rings. The molecule has 0 spiro atoms. The van der Waals surface area contributed by atoms with Crippen LogP contribution < -0.4 is 11.1 Å². The molecular formula is C12H14N4OS. The Morgan fingerprint density at radius 3 is 2.83 bits per heavy atom. The zero-order chi connectivity index (χ0) is 13.1. The number of hydrogen-bond donors (Lipinski definition) is 2. The van der Waals surface area contributed by atoms with E-state index in [1.807, 2.05) is 5.38 Å². The Labute approximate surface area is 109 Å². The number of nitrogen functional groups attached to an aromatic ring is 1. The van der Waals surface area contributed by atoms with Gasteiger partial charge in [-0.1, -0.05) is 13.8 Å². The molecule has 94 valence electrons. The molecule has 1 amide bonds. The molecule has 0 aliphatic carbocycles. The lowest BCUT2D eigenvalue weighted by atomic mass is 10.2. The first-order valence-electron chi connectivity index (χ1n) is 5.53. The Balaban J connectivity index is 2.11. The van der Waals surface area contributed by atoms with Crippen molar-refractivity contribution in [1.29, 1.82) is 0 Å². The first-order valence-corrected chi connectivity index (χ1v) is 6.41. The number of anilines is 2. The predicted molar refractivity (Wildman–Crippen MR) is 72.8 cm³/mol. The van der Waals surface area contributed by atoms with Crippen LogP contribution >= 0.6 is 11.3 Å². The monoisotopic (exact) mass is 262 g/mol. The maximum atomic E-state index is 11.9. The molecule has 3 N–H and O–H groups in total. The van der Waals surface area contributed by atoms with Gasteiger partial charge in [-0.25, -0.2) is 4.98 Å². The van der Waals surface area contributed by atoms with E-state index in [9.17, 15) is 4.79 Å². The molecule has 0 saturated heterocycles. The lowest BCUT2D eigenvalue weighted by Crippen LogP contribution is -2.12. The number of pyridine rings is 1. The number of carbonyl (C=O) groups excluding carboxylic acids is 1. The van der Waals surface area contributed by atoms with Crippen molar-refractivity contribution in [2.24, 2.45) is 0 Å². The summed E-state index contributed by atoms with van der Waals surface area (Å²) in [6.45, 7) is 4.12. The highest BCUT2D eigenvalue weighted by Gasteiger charge is 2.10. The number of amides is 1. The smallest absolute Gasteiger partial charge is 0.259 e. The molecule has 18 heavy (non-hydrogen) atoms. The Kier molecular flexibility index (Phi) is 3.57. The second-order valence-corrected chi connectivity index (χ2v) is 5.05. The quantitative estimate of drug-likeness (QED) is 0.890. The van der Waals surface area contributed by atoms with Gasteiger partial charge in [0.1, 0.15) is 0 Å². The standard InChI is InChI=1S/C12H14N4OS/c1-7(2)10-6-18-12(15-10)16-11(17)8-3-9(13)5-14-4-8/h3-7H,13H2,1-2H3,(H,15,16,17). The van der Waals surface area contributed by atoms with Crippen LogP contribution in [0.15, 0.2) is 23.8 Å². The highest BCUT2D eigenvalue weighted by atomic mass is 32.1. The number of hydrogen-bond acceptors (Lipinski definition) is 5. The van der Waals surface area contributed by atoms with Crippen molar-refractivity contribution in [3.8, 4) is 0 Å². The SMILES string of the molecule is CC(C)c1csc(NC(=O)c2cncc(N)c2)n1. The van der Waals surface area contributed by atoms with Crippen molar-refractivity contribution in [3.63, 3.8) is 0 Å². The highest BCUT2D eigenvalue weighted by Crippen LogP contribution is 2.21. The summed E-state index contributed by atoms with van der Waals surface area (Å²) in [4.78, 5) is 20.1. The van der Waals surface area contributed by atoms with Gasteiger partial charge in [0.2, 0.25) is 0 Å². The third kappa shape index (κ3) is 2.84. The Morgan fingerprint density at radius 1 is 1.44 bits per heavy atom. The minimum Gasteiger partial charge on any atom is -0.397 e. The molecule has 2 rings (SSSR count). The minimum absolute atomic E-state index is 0.251. The molecule has 5 nitrogen and oxygen atoms in total. The number of rotatable bonds is 3. The van der Waals surface area contributed by atoms with Crippen LogP contribution in [0, 0.1) is 0 Å². The van der Waals surface area contributed by atoms with Crippen molar-refractivity contribution >= 4 is 28.1 Å². The van der Waals surface area contributed by atoms with E-state index in [0.717, 1.165) is 5.69 Å². The van der Waals surface area contributed by atoms with E-state index in [0.29, 0.717) is 22.3 Å². The van der Waals surface area contributed by atoms with E-state index >= 15 is 0 Å². The maximum absolute atomic E-state index is 11.9. The largest absolute Gasteiger partial charge is 0.397 e. The summed E-state index contributed by atoms with van der Waals surface area (Å²) in [5, 5.41) is 5.26. The van der Waals surface area contributed by atoms with Gasteiger partial charge in [-0.15, -0.1) is 11.3 Å². The van der Waals surface area contributed by atoms with E-state index in [1.165, 1.54) is 23.7 Å². The van der Waals surface area contributed by atoms with Crippen LogP contribution in [0.3, 0.4) is 0 Å². The van der Waals surface area contributed by atoms with Crippen LogP contribution in [-0.2, 0) is 0 Å². The molecule has 0 bridgehead atoms. The molecular weight excluding hydrogens is 248 g/mol. The van der Waals surface area contributed by atoms with Gasteiger partial charge in [0, 0.05) is 17.8 Å². The van der Waals surface area contributed by atoms with Crippen LogP contribution in [-0.4, -0.2) is 15.9 Å². The van der Waals surface area contributed by atoms with E-state index in [2.05, 4.69) is 29.1 Å². The first-order chi connectivity index (χ1) is 8.56. The normalized spacial score (nSPS) is 10.6. The van der Waals surface area contributed by atoms with Gasteiger partial charge < -0.3 is 5.73 Å². The molecule has 2 heterocycles. The topological polar surface area (TPSA) is 80.9 Å². The number of carbonyl (C=O) groups is 1. The van der Waals surface area contributed by atoms with Gasteiger partial charge in [0.05, 0.1) is 16.9 Å². The van der Waals surface area contributed by atoms with Crippen LogP contribution in [0.1, 0.15) is 35.8 Å². The highest BCUT2D eigenvalue weighted by molar-refractivity contribution is 7.14. The van der Waals surface area contributed by atoms with Crippen molar-refractivity contribution in [2.45, 2.75) is 19.8 Å². The van der Waals surface area contributed by atoms with Gasteiger partial charge in [0.15, 0.2) is 5.13 Å². The Hall–Kier alpha value is -1.95. The molecule has 2 aromatic heterocycles. The van der Waals surface area contributed by atoms with E-state index < -0.39 is 0 Å². The summed E-state index contributed by atoms with van der Waals surface area (Å²) in [5.74, 6) is 0.0976. The molecule has 0 aromatic carbocycles. The van der Waals surface area contributed by atoms with E-state index in [4.69, 9.17) is 5.73 Å². The second-order valence-electron chi connectivity index (χ2n) is 4.19. The molecule has 0 unspecified atom stereocenters. The molecule has 2 aromatic rings. The van der Waals surface area contributed by atoms with Crippen molar-refractivity contribution in [1.82, 2.24) is 9.97 Å². The van der Waals surface area contributed by atoms with Gasteiger partial charge in [-0.05, 0) is 12.0 Å². The van der Waals surface area contributed by atoms with Crippen LogP contribution in [0.4, 0.5) is 10.8 Å². The second kappa shape index (κ2) is 5.14. The summed E-state index contributed by atoms with van der Waals surface area (Å²) in [7, 11) is 0. The summed E-state index contributed by atoms with van der Waals surface area (Å²) < 4.78 is 0. The first kappa shape index (κ1) is 12.5. The van der Waals surface area contributed by atoms with Gasteiger partial charge >= 0.3 is 0 Å². The van der Waals surface area contributed by atoms with Gasteiger partial charge in [-0.3, -0.25) is 15.1 Å². The zero-order valence-electron chi connectivity index (χ0n) is 10.2. The molecule has 0 fully saturated rings. The average Bonchev–Trinajstić information content (AvgIpc) is 2.77. The average molecular weight is 262 g/mol. The number of nitrogens with one attached hydrogen (secondary N) is 1. The number of nitrogens with two attached hydrogens (primary N) is 1. The third-order valence-electron chi connectivity index (χ3n) is 2.36. The number of thiazole rings is 1. The fourth-order valence-electron chi connectivity index (χ4n) is 1.36. The summed E-state index contributed by atoms with van der Waals surface area (Å²) in [5.41, 5.74) is 7.44. The van der Waals surface area contributed by atoms with Crippen molar-refractivity contribution in [2.75, 3.05) is 11.1 Å². The summed E-state index contributed by atoms with van der Waals surface area (Å²) in [6.07, 6.45) is 2.97. The fraction of sp³-hybridized carbons (Fsp3) is 0.250. The third-order valence-corrected chi connectivity index (χ3v) is 3.13. The minimum atomic E-state index is -0.251. The van der Waals surface area contributed by atoms with E-state index in [1.54, 1.807) is 6.07 Å². The zero-order valence-corrected chi connectivity index (χ0v) is 11.0. The molecule has 6 heteroatoms. The van der Waals surface area contributed by atoms with Crippen LogP contribution in [0.5, 0.6) is 0 Å². The fourth-order valence-corrected chi connectivity index (χ4v) is 2.23. The maximum Gasteiger partial charge on any atom is 0.259 e. The Morgan fingerprint density at radius 2 is 2.22 bits per heavy atom. The predicted octanol–water partition coefficient (Wildman–Crippen LogP) is 2.50. The van der Waals surface area contributed by atoms with Crippen molar-refractivity contribution in [3.05, 3.63) is 35.1 Å². The summed E-state index contributed by atoms with van der Waals surface area (Å²) in [6, 6.07) is 1.58. The molecule has 0 aliphatic heterocycles. The Bertz CT molecular complexity index is 565. The lowest BCUT2D eigenvalue weighted by molar-refractivity contribution is 0.102. The van der Waals surface area contributed by atoms with Crippen LogP contribution in [0.25, 0.3) is 0 Å². The van der Waals surface area contributed by atoms with Crippen LogP contribution in [0.2, 0.25) is 0 Å². The summed E-state index contributed by atoms with van der Waals surface area (Å²) >= 11 is 1.41.